The molecule has 1 aromatic heterocycles. The lowest BCUT2D eigenvalue weighted by molar-refractivity contribution is 0.0697. The van der Waals surface area contributed by atoms with Gasteiger partial charge in [0.1, 0.15) is 11.6 Å². The first-order chi connectivity index (χ1) is 14.0. The van der Waals surface area contributed by atoms with Crippen molar-refractivity contribution in [3.05, 3.63) is 100 Å². The van der Waals surface area contributed by atoms with Crippen LogP contribution in [0, 0.1) is 0 Å². The van der Waals surface area contributed by atoms with Crippen LogP contribution < -0.4 is 5.56 Å². The number of nitrogens with zero attached hydrogens (tertiary/aromatic N) is 2. The molecule has 0 fully saturated rings. The average molecular weight is 384 g/mol. The Morgan fingerprint density at radius 1 is 0.897 bits per heavy atom. The molecule has 0 atom stereocenters. The molecule has 0 unspecified atom stereocenters. The Morgan fingerprint density at radius 3 is 2.31 bits per heavy atom. The molecule has 1 heterocycles. The van der Waals surface area contributed by atoms with Gasteiger partial charge in [-0.2, -0.15) is 0 Å². The minimum Gasteiger partial charge on any atom is -0.507 e. The Hall–Kier alpha value is -4.19. The summed E-state index contributed by atoms with van der Waals surface area (Å²) in [6.45, 7) is 0. The lowest BCUT2D eigenvalue weighted by Gasteiger charge is -2.12. The number of fused-ring (bicyclic) bond motifs is 1. The predicted molar refractivity (Wildman–Crippen MR) is 111 cm³/mol. The maximum Gasteiger partial charge on any atom is 0.335 e. The van der Waals surface area contributed by atoms with Gasteiger partial charge in [0.2, 0.25) is 0 Å². The summed E-state index contributed by atoms with van der Waals surface area (Å²) in [4.78, 5) is 28.9. The zero-order chi connectivity index (χ0) is 20.4. The van der Waals surface area contributed by atoms with E-state index in [4.69, 9.17) is 5.11 Å². The number of phenols is 1. The highest BCUT2D eigenvalue weighted by Crippen LogP contribution is 2.20. The monoisotopic (exact) mass is 384 g/mol. The molecule has 6 heteroatoms. The lowest BCUT2D eigenvalue weighted by atomic mass is 10.1. The number of aromatic carboxylic acids is 1. The predicted octanol–water partition coefficient (Wildman–Crippen LogP) is 3.96. The highest BCUT2D eigenvalue weighted by molar-refractivity contribution is 5.88. The van der Waals surface area contributed by atoms with E-state index in [1.807, 2.05) is 0 Å². The summed E-state index contributed by atoms with van der Waals surface area (Å²) in [6, 6.07) is 19.9. The third-order valence-corrected chi connectivity index (χ3v) is 4.52. The van der Waals surface area contributed by atoms with Crippen molar-refractivity contribution in [1.29, 1.82) is 0 Å². The van der Waals surface area contributed by atoms with E-state index in [1.54, 1.807) is 72.8 Å². The Balaban J connectivity index is 1.92. The lowest BCUT2D eigenvalue weighted by Crippen LogP contribution is -2.22. The van der Waals surface area contributed by atoms with Gasteiger partial charge >= 0.3 is 5.97 Å². The Morgan fingerprint density at radius 2 is 1.59 bits per heavy atom. The van der Waals surface area contributed by atoms with Gasteiger partial charge in [-0.3, -0.25) is 9.36 Å². The number of benzene rings is 3. The first-order valence-electron chi connectivity index (χ1n) is 8.86. The maximum atomic E-state index is 13.2. The molecule has 4 aromatic rings. The van der Waals surface area contributed by atoms with Gasteiger partial charge < -0.3 is 10.2 Å². The highest BCUT2D eigenvalue weighted by Gasteiger charge is 2.12. The molecular formula is C23H16N2O4. The second-order valence-corrected chi connectivity index (χ2v) is 6.37. The van der Waals surface area contributed by atoms with Crippen LogP contribution in [0.3, 0.4) is 0 Å². The zero-order valence-electron chi connectivity index (χ0n) is 15.2. The van der Waals surface area contributed by atoms with Crippen LogP contribution in [0.5, 0.6) is 5.75 Å². The number of aromatic nitrogens is 2. The molecule has 29 heavy (non-hydrogen) atoms. The molecule has 0 aliphatic rings. The number of hydrogen-bond donors (Lipinski definition) is 2. The summed E-state index contributed by atoms with van der Waals surface area (Å²) in [5.74, 6) is -0.565. The number of carboxylic acids is 1. The van der Waals surface area contributed by atoms with E-state index >= 15 is 0 Å². The molecule has 0 saturated heterocycles. The van der Waals surface area contributed by atoms with Crippen molar-refractivity contribution in [2.24, 2.45) is 0 Å². The molecular weight excluding hydrogens is 368 g/mol. The van der Waals surface area contributed by atoms with E-state index < -0.39 is 5.97 Å². The van der Waals surface area contributed by atoms with Gasteiger partial charge in [-0.05, 0) is 54.6 Å². The van der Waals surface area contributed by atoms with Crippen LogP contribution in [0.4, 0.5) is 0 Å². The Bertz CT molecular complexity index is 1300. The van der Waals surface area contributed by atoms with Crippen molar-refractivity contribution < 1.29 is 15.0 Å². The molecule has 0 spiro atoms. The standard InChI is InChI=1S/C23H16N2O4/c26-20-8-4-1-5-15(20)11-14-21-24-19-7-3-2-6-18(19)22(27)25(21)17-12-9-16(10-13-17)23(28)29/h1-14,26H,(H,28,29). The molecule has 0 bridgehead atoms. The van der Waals surface area contributed by atoms with Crippen LogP contribution in [0.2, 0.25) is 0 Å². The normalized spacial score (nSPS) is 11.2. The molecule has 4 rings (SSSR count). The average Bonchev–Trinajstić information content (AvgIpc) is 2.73. The number of hydrogen-bond acceptors (Lipinski definition) is 4. The summed E-state index contributed by atoms with van der Waals surface area (Å²) in [6.07, 6.45) is 3.32. The van der Waals surface area contributed by atoms with E-state index in [0.717, 1.165) is 0 Å². The minimum absolute atomic E-state index is 0.115. The fourth-order valence-electron chi connectivity index (χ4n) is 3.06. The van der Waals surface area contributed by atoms with E-state index in [2.05, 4.69) is 4.98 Å². The second-order valence-electron chi connectivity index (χ2n) is 6.37. The summed E-state index contributed by atoms with van der Waals surface area (Å²) < 4.78 is 1.42. The van der Waals surface area contributed by atoms with Gasteiger partial charge in [-0.15, -0.1) is 0 Å². The number of phenolic OH excluding ortho intramolecular Hbond substituents is 1. The van der Waals surface area contributed by atoms with Crippen LogP contribution in [-0.2, 0) is 0 Å². The van der Waals surface area contributed by atoms with Gasteiger partial charge in [0.15, 0.2) is 0 Å². The van der Waals surface area contributed by atoms with Crippen LogP contribution >= 0.6 is 0 Å². The smallest absolute Gasteiger partial charge is 0.335 e. The number of para-hydroxylation sites is 2. The summed E-state index contributed by atoms with van der Waals surface area (Å²) >= 11 is 0. The third kappa shape index (κ3) is 3.51. The van der Waals surface area contributed by atoms with E-state index in [-0.39, 0.29) is 16.9 Å². The Labute approximate surface area is 165 Å². The van der Waals surface area contributed by atoms with Gasteiger partial charge in [0, 0.05) is 5.56 Å². The molecule has 6 nitrogen and oxygen atoms in total. The summed E-state index contributed by atoms with van der Waals surface area (Å²) in [7, 11) is 0. The van der Waals surface area contributed by atoms with Crippen molar-refractivity contribution in [2.75, 3.05) is 0 Å². The van der Waals surface area contributed by atoms with Gasteiger partial charge in [-0.1, -0.05) is 30.3 Å². The van der Waals surface area contributed by atoms with Gasteiger partial charge in [0.25, 0.3) is 5.56 Å². The van der Waals surface area contributed by atoms with Crippen LogP contribution in [0.15, 0.2) is 77.6 Å². The van der Waals surface area contributed by atoms with Crippen molar-refractivity contribution in [3.8, 4) is 11.4 Å². The number of rotatable bonds is 4. The molecule has 0 amide bonds. The molecule has 142 valence electrons. The largest absolute Gasteiger partial charge is 0.507 e. The topological polar surface area (TPSA) is 92.4 Å². The van der Waals surface area contributed by atoms with E-state index in [0.29, 0.717) is 28.0 Å². The van der Waals surface area contributed by atoms with Crippen molar-refractivity contribution in [1.82, 2.24) is 9.55 Å². The zero-order valence-corrected chi connectivity index (χ0v) is 15.2. The van der Waals surface area contributed by atoms with Crippen LogP contribution in [0.25, 0.3) is 28.7 Å². The van der Waals surface area contributed by atoms with Crippen molar-refractivity contribution in [3.63, 3.8) is 0 Å². The van der Waals surface area contributed by atoms with E-state index in [9.17, 15) is 14.7 Å². The molecule has 0 radical (unpaired) electrons. The summed E-state index contributed by atoms with van der Waals surface area (Å²) in [5, 5.41) is 19.6. The number of aromatic hydroxyl groups is 1. The third-order valence-electron chi connectivity index (χ3n) is 4.52. The SMILES string of the molecule is O=C(O)c1ccc(-n2c(C=Cc3ccccc3O)nc3ccccc3c2=O)cc1. The number of carboxylic acid groups (broad SMARTS) is 1. The molecule has 0 aliphatic heterocycles. The van der Waals surface area contributed by atoms with Crippen LogP contribution in [-0.4, -0.2) is 25.7 Å². The quantitative estimate of drug-likeness (QED) is 0.556. The highest BCUT2D eigenvalue weighted by atomic mass is 16.4. The van der Waals surface area contributed by atoms with Crippen molar-refractivity contribution >= 4 is 29.0 Å². The fourth-order valence-corrected chi connectivity index (χ4v) is 3.06. The maximum absolute atomic E-state index is 13.2. The Kier molecular flexibility index (Phi) is 4.66. The summed E-state index contributed by atoms with van der Waals surface area (Å²) in [5.41, 5.74) is 1.49. The molecule has 3 aromatic carbocycles. The first-order valence-corrected chi connectivity index (χ1v) is 8.86. The minimum atomic E-state index is -1.04. The number of carbonyl (C=O) groups is 1. The molecule has 0 aliphatic carbocycles. The molecule has 0 saturated carbocycles. The fraction of sp³-hybridized carbons (Fsp3) is 0. The first kappa shape index (κ1) is 18.2. The van der Waals surface area contributed by atoms with Crippen molar-refractivity contribution in [2.45, 2.75) is 0 Å². The van der Waals surface area contributed by atoms with E-state index in [1.165, 1.54) is 16.7 Å². The van der Waals surface area contributed by atoms with Gasteiger partial charge in [0.05, 0.1) is 22.2 Å². The van der Waals surface area contributed by atoms with Gasteiger partial charge in [-0.25, -0.2) is 9.78 Å². The van der Waals surface area contributed by atoms with Crippen LogP contribution in [0.1, 0.15) is 21.7 Å². The molecule has 2 N–H and O–H groups in total. The second kappa shape index (κ2) is 7.44.